The summed E-state index contributed by atoms with van der Waals surface area (Å²) >= 11 is 3.26. The van der Waals surface area contributed by atoms with E-state index in [0.29, 0.717) is 0 Å². The van der Waals surface area contributed by atoms with Crippen molar-refractivity contribution in [1.29, 1.82) is 0 Å². The van der Waals surface area contributed by atoms with Crippen LogP contribution in [0.2, 0.25) is 0 Å². The first-order valence-corrected chi connectivity index (χ1v) is 8.04. The minimum Gasteiger partial charge on any atom is -0.399 e. The smallest absolute Gasteiger partial charge is 0.399 e. The van der Waals surface area contributed by atoms with Crippen LogP contribution in [-0.4, -0.2) is 23.3 Å². The molecule has 1 aliphatic rings. The standard InChI is InChI=1S/C13H16BNO2S2/c1-12(2)13(3,4)17-14(16-12)11-10(15-8-19-11)9-5-6-18-7-9/h5-8H,1-4H3. The number of thiophene rings is 1. The Hall–Kier alpha value is -0.685. The first-order chi connectivity index (χ1) is 8.91. The van der Waals surface area contributed by atoms with E-state index in [-0.39, 0.29) is 18.3 Å². The van der Waals surface area contributed by atoms with Crippen molar-refractivity contribution in [3.63, 3.8) is 0 Å². The molecule has 0 bridgehead atoms. The third-order valence-electron chi connectivity index (χ3n) is 3.86. The molecule has 1 fully saturated rings. The Morgan fingerprint density at radius 2 is 1.84 bits per heavy atom. The van der Waals surface area contributed by atoms with E-state index in [4.69, 9.17) is 9.31 Å². The van der Waals surface area contributed by atoms with E-state index in [1.807, 2.05) is 5.51 Å². The predicted molar refractivity (Wildman–Crippen MR) is 81.1 cm³/mol. The van der Waals surface area contributed by atoms with Crippen molar-refractivity contribution in [3.8, 4) is 11.3 Å². The van der Waals surface area contributed by atoms with Crippen molar-refractivity contribution in [1.82, 2.24) is 4.98 Å². The summed E-state index contributed by atoms with van der Waals surface area (Å²) in [4.78, 5) is 4.46. The molecule has 3 rings (SSSR count). The van der Waals surface area contributed by atoms with Crippen molar-refractivity contribution in [3.05, 3.63) is 22.3 Å². The average Bonchev–Trinajstić information content (AvgIpc) is 3.00. The minimum atomic E-state index is -0.326. The Balaban J connectivity index is 1.96. The summed E-state index contributed by atoms with van der Waals surface area (Å²) in [5, 5.41) is 4.16. The molecular weight excluding hydrogens is 277 g/mol. The molecule has 0 atom stereocenters. The number of hydrogen-bond acceptors (Lipinski definition) is 5. The fraction of sp³-hybridized carbons (Fsp3) is 0.462. The van der Waals surface area contributed by atoms with E-state index < -0.39 is 0 Å². The van der Waals surface area contributed by atoms with Gasteiger partial charge in [-0.2, -0.15) is 11.3 Å². The Morgan fingerprint density at radius 1 is 1.16 bits per heavy atom. The van der Waals surface area contributed by atoms with Gasteiger partial charge in [0.05, 0.1) is 27.2 Å². The van der Waals surface area contributed by atoms with Crippen LogP contribution in [0.5, 0.6) is 0 Å². The molecule has 1 aliphatic heterocycles. The Kier molecular flexibility index (Phi) is 3.09. The van der Waals surface area contributed by atoms with E-state index in [2.05, 4.69) is 49.5 Å². The highest BCUT2D eigenvalue weighted by atomic mass is 32.1. The molecule has 0 radical (unpaired) electrons. The minimum absolute atomic E-state index is 0.312. The first-order valence-electron chi connectivity index (χ1n) is 6.22. The monoisotopic (exact) mass is 293 g/mol. The summed E-state index contributed by atoms with van der Waals surface area (Å²) in [5.41, 5.74) is 3.34. The maximum atomic E-state index is 6.10. The lowest BCUT2D eigenvalue weighted by Gasteiger charge is -2.32. The lowest BCUT2D eigenvalue weighted by atomic mass is 9.85. The van der Waals surface area contributed by atoms with Gasteiger partial charge in [-0.25, -0.2) is 4.98 Å². The molecule has 19 heavy (non-hydrogen) atoms. The van der Waals surface area contributed by atoms with Gasteiger partial charge in [0.25, 0.3) is 0 Å². The topological polar surface area (TPSA) is 31.4 Å². The van der Waals surface area contributed by atoms with Gasteiger partial charge in [-0.15, -0.1) is 11.3 Å². The fourth-order valence-electron chi connectivity index (χ4n) is 1.99. The molecule has 2 aromatic rings. The van der Waals surface area contributed by atoms with Crippen LogP contribution in [0, 0.1) is 0 Å². The van der Waals surface area contributed by atoms with Gasteiger partial charge in [0, 0.05) is 10.9 Å². The maximum Gasteiger partial charge on any atom is 0.507 e. The normalized spacial score (nSPS) is 20.9. The van der Waals surface area contributed by atoms with Crippen molar-refractivity contribution < 1.29 is 9.31 Å². The molecule has 100 valence electrons. The summed E-state index contributed by atoms with van der Waals surface area (Å²) < 4.78 is 13.3. The second-order valence-electron chi connectivity index (χ2n) is 5.67. The van der Waals surface area contributed by atoms with Crippen LogP contribution in [-0.2, 0) is 9.31 Å². The average molecular weight is 293 g/mol. The second kappa shape index (κ2) is 4.41. The highest BCUT2D eigenvalue weighted by molar-refractivity contribution is 7.21. The largest absolute Gasteiger partial charge is 0.507 e. The second-order valence-corrected chi connectivity index (χ2v) is 7.33. The zero-order valence-electron chi connectivity index (χ0n) is 11.5. The molecular formula is C13H16BNO2S2. The maximum absolute atomic E-state index is 6.10. The highest BCUT2D eigenvalue weighted by Crippen LogP contribution is 2.37. The Bertz CT molecular complexity index is 561. The molecule has 1 saturated heterocycles. The van der Waals surface area contributed by atoms with Crippen molar-refractivity contribution in [2.75, 3.05) is 0 Å². The number of aromatic nitrogens is 1. The molecule has 3 heterocycles. The SMILES string of the molecule is CC1(C)OB(c2scnc2-c2ccsc2)OC1(C)C. The summed E-state index contributed by atoms with van der Waals surface area (Å²) in [7, 11) is -0.326. The molecule has 0 amide bonds. The van der Waals surface area contributed by atoms with Gasteiger partial charge in [0.2, 0.25) is 0 Å². The molecule has 3 nitrogen and oxygen atoms in total. The molecule has 0 unspecified atom stereocenters. The number of thiazole rings is 1. The lowest BCUT2D eigenvalue weighted by molar-refractivity contribution is 0.00578. The third kappa shape index (κ3) is 2.16. The Labute approximate surface area is 121 Å². The van der Waals surface area contributed by atoms with E-state index in [1.54, 1.807) is 22.7 Å². The van der Waals surface area contributed by atoms with Gasteiger partial charge in [-0.1, -0.05) is 0 Å². The summed E-state index contributed by atoms with van der Waals surface area (Å²) in [6.07, 6.45) is 0. The fourth-order valence-corrected chi connectivity index (χ4v) is 3.39. The van der Waals surface area contributed by atoms with Gasteiger partial charge in [-0.05, 0) is 39.1 Å². The van der Waals surface area contributed by atoms with Crippen LogP contribution < -0.4 is 4.78 Å². The Morgan fingerprint density at radius 3 is 2.42 bits per heavy atom. The third-order valence-corrected chi connectivity index (χ3v) is 5.39. The first kappa shape index (κ1) is 13.3. The molecule has 6 heteroatoms. The van der Waals surface area contributed by atoms with Crippen LogP contribution >= 0.6 is 22.7 Å². The zero-order chi connectivity index (χ0) is 13.7. The van der Waals surface area contributed by atoms with E-state index in [1.165, 1.54) is 0 Å². The summed E-state index contributed by atoms with van der Waals surface area (Å²) in [6.45, 7) is 8.27. The lowest BCUT2D eigenvalue weighted by Crippen LogP contribution is -2.41. The molecule has 0 spiro atoms. The quantitative estimate of drug-likeness (QED) is 0.797. The van der Waals surface area contributed by atoms with Gasteiger partial charge in [0.15, 0.2) is 0 Å². The number of nitrogens with zero attached hydrogens (tertiary/aromatic N) is 1. The van der Waals surface area contributed by atoms with Gasteiger partial charge in [-0.3, -0.25) is 0 Å². The summed E-state index contributed by atoms with van der Waals surface area (Å²) in [5.74, 6) is 0. The number of rotatable bonds is 2. The molecule has 0 aliphatic carbocycles. The van der Waals surface area contributed by atoms with Crippen molar-refractivity contribution in [2.45, 2.75) is 38.9 Å². The van der Waals surface area contributed by atoms with Crippen LogP contribution in [0.4, 0.5) is 0 Å². The van der Waals surface area contributed by atoms with E-state index in [9.17, 15) is 0 Å². The summed E-state index contributed by atoms with van der Waals surface area (Å²) in [6, 6.07) is 2.08. The van der Waals surface area contributed by atoms with Gasteiger partial charge in [0.1, 0.15) is 0 Å². The molecule has 0 aromatic carbocycles. The van der Waals surface area contributed by atoms with Crippen LogP contribution in [0.3, 0.4) is 0 Å². The van der Waals surface area contributed by atoms with Crippen LogP contribution in [0.15, 0.2) is 22.3 Å². The molecule has 0 N–H and O–H groups in total. The molecule has 0 saturated carbocycles. The van der Waals surface area contributed by atoms with Crippen LogP contribution in [0.25, 0.3) is 11.3 Å². The molecule has 2 aromatic heterocycles. The number of hydrogen-bond donors (Lipinski definition) is 0. The van der Waals surface area contributed by atoms with Crippen molar-refractivity contribution >= 4 is 34.6 Å². The van der Waals surface area contributed by atoms with E-state index in [0.717, 1.165) is 16.0 Å². The zero-order valence-corrected chi connectivity index (χ0v) is 13.1. The van der Waals surface area contributed by atoms with Gasteiger partial charge >= 0.3 is 7.12 Å². The van der Waals surface area contributed by atoms with E-state index >= 15 is 0 Å². The predicted octanol–water partition coefficient (Wildman–Crippen LogP) is 3.17. The van der Waals surface area contributed by atoms with Crippen LogP contribution in [0.1, 0.15) is 27.7 Å². The van der Waals surface area contributed by atoms with Crippen molar-refractivity contribution in [2.24, 2.45) is 0 Å². The highest BCUT2D eigenvalue weighted by Gasteiger charge is 2.53. The van der Waals surface area contributed by atoms with Gasteiger partial charge < -0.3 is 9.31 Å².